The molecule has 0 aliphatic heterocycles. The van der Waals surface area contributed by atoms with Gasteiger partial charge in [0.05, 0.1) is 37.3 Å². The monoisotopic (exact) mass is 647 g/mol. The molecule has 0 N–H and O–H groups in total. The highest BCUT2D eigenvalue weighted by atomic mass is 31.2. The highest BCUT2D eigenvalue weighted by Crippen LogP contribution is 2.49. The molecule has 0 aliphatic carbocycles. The third-order valence-electron chi connectivity index (χ3n) is 7.12. The predicted molar refractivity (Wildman–Crippen MR) is 180 cm³/mol. The molecule has 3 aromatic heterocycles. The fourth-order valence-electron chi connectivity index (χ4n) is 4.94. The zero-order valence-corrected chi connectivity index (χ0v) is 26.6. The average Bonchev–Trinajstić information content (AvgIpc) is 3.75. The molecule has 0 bridgehead atoms. The molecule has 0 spiro atoms. The lowest BCUT2D eigenvalue weighted by atomic mass is 10.1. The Labute approximate surface area is 273 Å². The summed E-state index contributed by atoms with van der Waals surface area (Å²) in [5.74, 6) is 1.68. The van der Waals surface area contributed by atoms with E-state index in [9.17, 15) is 4.57 Å². The van der Waals surface area contributed by atoms with E-state index >= 15 is 0 Å². The number of benzene rings is 3. The fraction of sp³-hybridized carbons (Fsp3) is 0.135. The van der Waals surface area contributed by atoms with Crippen LogP contribution in [-0.4, -0.2) is 27.6 Å². The molecule has 9 nitrogen and oxygen atoms in total. The second-order valence-electron chi connectivity index (χ2n) is 10.6. The number of nitrogens with zero attached hydrogens (tertiary/aromatic N) is 3. The van der Waals surface area contributed by atoms with Gasteiger partial charge in [-0.3, -0.25) is 13.4 Å². The summed E-state index contributed by atoms with van der Waals surface area (Å²) >= 11 is 0. The number of phosphoric ester groups is 1. The number of aromatic nitrogens is 3. The van der Waals surface area contributed by atoms with Crippen LogP contribution in [0.15, 0.2) is 139 Å². The molecular formula is C37H34N3O6P. The number of furan rings is 1. The maximum atomic E-state index is 13.0. The van der Waals surface area contributed by atoms with Crippen LogP contribution in [0, 0.1) is 0 Å². The number of hydrogen-bond donors (Lipinski definition) is 0. The normalized spacial score (nSPS) is 11.4. The number of rotatable bonds is 16. The smallest absolute Gasteiger partial charge is 0.472 e. The third-order valence-corrected chi connectivity index (χ3v) is 8.49. The van der Waals surface area contributed by atoms with E-state index in [0.717, 1.165) is 39.5 Å². The molecule has 0 amide bonds. The van der Waals surface area contributed by atoms with Gasteiger partial charge in [-0.15, -0.1) is 13.2 Å². The molecule has 0 saturated carbocycles. The molecule has 3 aromatic carbocycles. The van der Waals surface area contributed by atoms with Crippen molar-refractivity contribution in [3.63, 3.8) is 0 Å². The quantitative estimate of drug-likeness (QED) is 0.0761. The van der Waals surface area contributed by atoms with Crippen LogP contribution in [0.4, 0.5) is 0 Å². The van der Waals surface area contributed by atoms with Gasteiger partial charge < -0.3 is 13.7 Å². The number of hydrogen-bond acceptors (Lipinski definition) is 8. The van der Waals surface area contributed by atoms with Gasteiger partial charge in [-0.1, -0.05) is 84.9 Å². The number of ether oxygens (including phenoxy) is 1. The first-order valence-electron chi connectivity index (χ1n) is 15.1. The Morgan fingerprint density at radius 3 is 2.13 bits per heavy atom. The highest BCUT2D eigenvalue weighted by Gasteiger charge is 2.28. The highest BCUT2D eigenvalue weighted by molar-refractivity contribution is 7.48. The van der Waals surface area contributed by atoms with Gasteiger partial charge in [0.15, 0.2) is 5.65 Å². The van der Waals surface area contributed by atoms with E-state index in [-0.39, 0.29) is 19.8 Å². The van der Waals surface area contributed by atoms with Crippen LogP contribution < -0.4 is 9.26 Å². The van der Waals surface area contributed by atoms with E-state index in [1.54, 1.807) is 18.4 Å². The first kappa shape index (κ1) is 31.8. The van der Waals surface area contributed by atoms with Gasteiger partial charge in [0.25, 0.3) is 0 Å². The summed E-state index contributed by atoms with van der Waals surface area (Å²) in [5.41, 5.74) is 6.03. The van der Waals surface area contributed by atoms with Crippen molar-refractivity contribution in [2.45, 2.75) is 19.4 Å². The Bertz CT molecular complexity index is 1960. The van der Waals surface area contributed by atoms with E-state index in [2.05, 4.69) is 25.3 Å². The summed E-state index contributed by atoms with van der Waals surface area (Å²) in [6.45, 7) is 7.42. The molecule has 10 heteroatoms. The summed E-state index contributed by atoms with van der Waals surface area (Å²) in [7, 11) is -3.87. The topological polar surface area (TPSA) is 97.3 Å². The van der Waals surface area contributed by atoms with Crippen molar-refractivity contribution in [1.82, 2.24) is 14.4 Å². The van der Waals surface area contributed by atoms with Crippen LogP contribution in [0.1, 0.15) is 28.3 Å². The van der Waals surface area contributed by atoms with Crippen LogP contribution >= 0.6 is 7.82 Å². The standard InChI is InChI=1S/C37H34N3O6P/c1-3-21-44-47(41,45-22-4-2)46-31-19-17-29(18-20-31)27-43-37-34(25-32-16-11-23-42-32)39-36-33(24-28-12-7-5-8-13-28)38-35(26-40(36)37)30-14-9-6-10-15-30/h3-20,23,26H,1-2,21-22,24-25,27H2. The summed E-state index contributed by atoms with van der Waals surface area (Å²) in [4.78, 5) is 10.1. The first-order chi connectivity index (χ1) is 23.0. The minimum atomic E-state index is -3.87. The summed E-state index contributed by atoms with van der Waals surface area (Å²) in [6.07, 6.45) is 7.59. The van der Waals surface area contributed by atoms with E-state index in [1.165, 1.54) is 12.2 Å². The van der Waals surface area contributed by atoms with Crippen molar-refractivity contribution in [2.24, 2.45) is 0 Å². The van der Waals surface area contributed by atoms with Gasteiger partial charge in [-0.25, -0.2) is 14.5 Å². The molecule has 47 heavy (non-hydrogen) atoms. The average molecular weight is 648 g/mol. The minimum absolute atomic E-state index is 0.00849. The zero-order chi connectivity index (χ0) is 32.5. The van der Waals surface area contributed by atoms with Crippen molar-refractivity contribution in [3.05, 3.63) is 163 Å². The lowest BCUT2D eigenvalue weighted by molar-refractivity contribution is 0.180. The first-order valence-corrected chi connectivity index (χ1v) is 16.5. The van der Waals surface area contributed by atoms with E-state index in [1.807, 2.05) is 83.4 Å². The molecule has 0 radical (unpaired) electrons. The van der Waals surface area contributed by atoms with Crippen LogP contribution in [0.5, 0.6) is 11.6 Å². The van der Waals surface area contributed by atoms with Gasteiger partial charge in [0.2, 0.25) is 5.88 Å². The molecule has 3 heterocycles. The molecule has 238 valence electrons. The van der Waals surface area contributed by atoms with Crippen molar-refractivity contribution in [1.29, 1.82) is 0 Å². The molecule has 0 aliphatic rings. The Kier molecular flexibility index (Phi) is 10.1. The molecule has 6 rings (SSSR count). The predicted octanol–water partition coefficient (Wildman–Crippen LogP) is 8.64. The van der Waals surface area contributed by atoms with Gasteiger partial charge >= 0.3 is 7.82 Å². The third kappa shape index (κ3) is 7.96. The van der Waals surface area contributed by atoms with Gasteiger partial charge in [0.1, 0.15) is 23.8 Å². The minimum Gasteiger partial charge on any atom is -0.472 e. The van der Waals surface area contributed by atoms with Crippen molar-refractivity contribution < 1.29 is 27.3 Å². The van der Waals surface area contributed by atoms with Crippen molar-refractivity contribution >= 4 is 13.5 Å². The van der Waals surface area contributed by atoms with Crippen LogP contribution in [0.2, 0.25) is 0 Å². The fourth-order valence-corrected chi connectivity index (χ4v) is 6.08. The summed E-state index contributed by atoms with van der Waals surface area (Å²) < 4.78 is 43.4. The Hall–Kier alpha value is -5.21. The molecule has 0 unspecified atom stereocenters. The van der Waals surface area contributed by atoms with Crippen LogP contribution in [-0.2, 0) is 33.1 Å². The number of fused-ring (bicyclic) bond motifs is 1. The van der Waals surface area contributed by atoms with Crippen LogP contribution in [0.25, 0.3) is 16.9 Å². The maximum absolute atomic E-state index is 13.0. The molecule has 6 aromatic rings. The van der Waals surface area contributed by atoms with E-state index in [0.29, 0.717) is 30.1 Å². The largest absolute Gasteiger partial charge is 0.530 e. The van der Waals surface area contributed by atoms with Crippen molar-refractivity contribution in [2.75, 3.05) is 13.2 Å². The summed E-state index contributed by atoms with van der Waals surface area (Å²) in [6, 6.07) is 31.1. The van der Waals surface area contributed by atoms with Gasteiger partial charge in [0, 0.05) is 18.2 Å². The second-order valence-corrected chi connectivity index (χ2v) is 12.1. The molecule has 0 atom stereocenters. The van der Waals surface area contributed by atoms with E-state index < -0.39 is 7.82 Å². The lowest BCUT2D eigenvalue weighted by Crippen LogP contribution is -2.04. The Morgan fingerprint density at radius 1 is 0.766 bits per heavy atom. The molecular weight excluding hydrogens is 613 g/mol. The van der Waals surface area contributed by atoms with E-state index in [4.69, 9.17) is 32.7 Å². The van der Waals surface area contributed by atoms with Gasteiger partial charge in [-0.2, -0.15) is 0 Å². The summed E-state index contributed by atoms with van der Waals surface area (Å²) in [5, 5.41) is 0. The van der Waals surface area contributed by atoms with Crippen LogP contribution in [0.3, 0.4) is 0 Å². The molecule has 0 fully saturated rings. The maximum Gasteiger partial charge on any atom is 0.530 e. The SMILES string of the molecule is C=CCOP(=O)(OCC=C)Oc1ccc(COc2c(Cc3ccco3)nc3c(Cc4ccccc4)nc(-c4ccccc4)cn23)cc1. The van der Waals surface area contributed by atoms with Crippen molar-refractivity contribution in [3.8, 4) is 22.9 Å². The lowest BCUT2D eigenvalue weighted by Gasteiger charge is -2.17. The number of imidazole rings is 1. The van der Waals surface area contributed by atoms with Gasteiger partial charge in [-0.05, 0) is 35.4 Å². The Balaban J connectivity index is 1.33. The number of phosphoric acid groups is 1. The molecule has 0 saturated heterocycles. The zero-order valence-electron chi connectivity index (χ0n) is 25.7. The Morgan fingerprint density at radius 2 is 1.47 bits per heavy atom. The second kappa shape index (κ2) is 14.9.